The number of hydrogen-bond donors (Lipinski definition) is 3. The summed E-state index contributed by atoms with van der Waals surface area (Å²) in [5.41, 5.74) is 0.0197. The SMILES string of the molecule is COCOCC1=C[C@H]2[C@H](O)[C@@H](C)CC[C@@H]2[C@@](C)(C(=O)O)[C@H]1/C=C/C=C/[C@H](C)[C@@H](OCOC)/C(=C/CCC[C@@H](C)O)C(=O)OC. The highest BCUT2D eigenvalue weighted by Gasteiger charge is 2.56. The Kier molecular flexibility index (Phi) is 16.0. The molecule has 0 aromatic rings. The molecule has 0 aromatic carbocycles. The first-order valence-corrected chi connectivity index (χ1v) is 15.5. The number of carbonyl (C=O) groups is 2. The maximum Gasteiger partial charge on any atom is 0.336 e. The molecule has 44 heavy (non-hydrogen) atoms. The Morgan fingerprint density at radius 3 is 2.43 bits per heavy atom. The highest BCUT2D eigenvalue weighted by Crippen LogP contribution is 2.54. The van der Waals surface area contributed by atoms with Crippen LogP contribution in [-0.2, 0) is 33.3 Å². The van der Waals surface area contributed by atoms with E-state index in [2.05, 4.69) is 0 Å². The minimum Gasteiger partial charge on any atom is -0.481 e. The van der Waals surface area contributed by atoms with E-state index in [1.165, 1.54) is 21.3 Å². The number of fused-ring (bicyclic) bond motifs is 1. The zero-order valence-corrected chi connectivity index (χ0v) is 27.4. The standard InChI is InChI=1S/C34H54O10/c1-22-16-17-29-27(30(22)36)18-25(19-43-20-40-5)28(34(29,4)33(38)39)15-11-8-12-23(2)31(44-21-41-6)26(32(37)42-7)14-10-9-13-24(3)35/h8,11-12,14-15,18,22-24,27-31,35-36H,9-10,13,16-17,19-21H2,1-7H3,(H,38,39)/b12-8+,15-11+,26-14-/t22-,23-,24+,27+,28-,29-,30+,31+,34-/m0/s1. The van der Waals surface area contributed by atoms with Crippen molar-refractivity contribution in [2.75, 3.05) is 41.5 Å². The predicted molar refractivity (Wildman–Crippen MR) is 166 cm³/mol. The zero-order valence-electron chi connectivity index (χ0n) is 27.4. The van der Waals surface area contributed by atoms with Gasteiger partial charge in [0.15, 0.2) is 0 Å². The maximum absolute atomic E-state index is 12.9. The van der Waals surface area contributed by atoms with Gasteiger partial charge in [-0.3, -0.25) is 4.79 Å². The van der Waals surface area contributed by atoms with Gasteiger partial charge in [-0.05, 0) is 63.4 Å². The van der Waals surface area contributed by atoms with Gasteiger partial charge in [-0.1, -0.05) is 50.3 Å². The quantitative estimate of drug-likeness (QED) is 0.0493. The molecule has 0 aromatic heterocycles. The molecular weight excluding hydrogens is 568 g/mol. The lowest BCUT2D eigenvalue weighted by atomic mass is 9.52. The van der Waals surface area contributed by atoms with Crippen LogP contribution in [0.15, 0.2) is 47.6 Å². The van der Waals surface area contributed by atoms with Crippen LogP contribution in [0.5, 0.6) is 0 Å². The second-order valence-corrected chi connectivity index (χ2v) is 12.3. The van der Waals surface area contributed by atoms with Crippen LogP contribution in [0.2, 0.25) is 0 Å². The Bertz CT molecular complexity index is 1030. The number of methoxy groups -OCH3 is 3. The summed E-state index contributed by atoms with van der Waals surface area (Å²) in [6.45, 7) is 7.66. The summed E-state index contributed by atoms with van der Waals surface area (Å²) >= 11 is 0. The van der Waals surface area contributed by atoms with Gasteiger partial charge in [0.2, 0.25) is 0 Å². The second-order valence-electron chi connectivity index (χ2n) is 12.3. The number of carboxylic acids is 1. The van der Waals surface area contributed by atoms with Gasteiger partial charge in [-0.25, -0.2) is 4.79 Å². The Morgan fingerprint density at radius 1 is 1.11 bits per heavy atom. The number of carboxylic acid groups (broad SMARTS) is 1. The second kappa shape index (κ2) is 18.6. The van der Waals surface area contributed by atoms with Crippen LogP contribution in [0.4, 0.5) is 0 Å². The molecule has 0 saturated heterocycles. The largest absolute Gasteiger partial charge is 0.481 e. The molecule has 0 amide bonds. The van der Waals surface area contributed by atoms with Crippen molar-refractivity contribution in [1.82, 2.24) is 0 Å². The van der Waals surface area contributed by atoms with Crippen LogP contribution in [0.25, 0.3) is 0 Å². The molecule has 2 aliphatic carbocycles. The third kappa shape index (κ3) is 9.83. The van der Waals surface area contributed by atoms with Gasteiger partial charge in [0.1, 0.15) is 13.6 Å². The summed E-state index contributed by atoms with van der Waals surface area (Å²) in [6.07, 6.45) is 12.9. The van der Waals surface area contributed by atoms with Gasteiger partial charge in [0.05, 0.1) is 43.0 Å². The molecular formula is C34H54O10. The first-order chi connectivity index (χ1) is 20.9. The van der Waals surface area contributed by atoms with Crippen molar-refractivity contribution in [3.63, 3.8) is 0 Å². The van der Waals surface area contributed by atoms with Crippen LogP contribution in [-0.4, -0.2) is 87.1 Å². The van der Waals surface area contributed by atoms with Crippen LogP contribution in [0, 0.1) is 35.0 Å². The van der Waals surface area contributed by atoms with Gasteiger partial charge in [-0.15, -0.1) is 0 Å². The van der Waals surface area contributed by atoms with Crippen LogP contribution >= 0.6 is 0 Å². The van der Waals surface area contributed by atoms with Crippen molar-refractivity contribution in [2.45, 2.75) is 78.1 Å². The lowest BCUT2D eigenvalue weighted by molar-refractivity contribution is -0.160. The van der Waals surface area contributed by atoms with E-state index < -0.39 is 41.6 Å². The molecule has 10 nitrogen and oxygen atoms in total. The Morgan fingerprint density at radius 2 is 1.82 bits per heavy atom. The first-order valence-electron chi connectivity index (χ1n) is 15.5. The molecule has 0 aliphatic heterocycles. The van der Waals surface area contributed by atoms with E-state index in [9.17, 15) is 24.9 Å². The van der Waals surface area contributed by atoms with Crippen molar-refractivity contribution in [1.29, 1.82) is 0 Å². The van der Waals surface area contributed by atoms with E-state index >= 15 is 0 Å². The van der Waals surface area contributed by atoms with Gasteiger partial charge in [0, 0.05) is 32.0 Å². The average Bonchev–Trinajstić information content (AvgIpc) is 2.98. The summed E-state index contributed by atoms with van der Waals surface area (Å²) in [7, 11) is 4.36. The number of esters is 1. The Labute approximate surface area is 262 Å². The number of aliphatic carboxylic acids is 1. The van der Waals surface area contributed by atoms with E-state index in [-0.39, 0.29) is 43.9 Å². The average molecular weight is 623 g/mol. The fourth-order valence-corrected chi connectivity index (χ4v) is 6.59. The minimum absolute atomic E-state index is 0.0254. The van der Waals surface area contributed by atoms with Gasteiger partial charge >= 0.3 is 11.9 Å². The highest BCUT2D eigenvalue weighted by molar-refractivity contribution is 5.89. The summed E-state index contributed by atoms with van der Waals surface area (Å²) in [5, 5.41) is 31.2. The molecule has 10 heteroatoms. The first kappa shape index (κ1) is 37.8. The van der Waals surface area contributed by atoms with E-state index in [0.29, 0.717) is 31.3 Å². The van der Waals surface area contributed by atoms with Crippen molar-refractivity contribution >= 4 is 11.9 Å². The van der Waals surface area contributed by atoms with Gasteiger partial charge < -0.3 is 39.0 Å². The van der Waals surface area contributed by atoms with Crippen molar-refractivity contribution in [3.8, 4) is 0 Å². The van der Waals surface area contributed by atoms with Crippen molar-refractivity contribution in [3.05, 3.63) is 47.6 Å². The molecule has 9 atom stereocenters. The molecule has 0 bridgehead atoms. The number of rotatable bonds is 18. The van der Waals surface area contributed by atoms with Crippen molar-refractivity contribution < 1.29 is 48.6 Å². The minimum atomic E-state index is -1.15. The normalized spacial score (nSPS) is 29.7. The topological polar surface area (TPSA) is 141 Å². The van der Waals surface area contributed by atoms with E-state index in [0.717, 1.165) is 12.0 Å². The highest BCUT2D eigenvalue weighted by atomic mass is 16.7. The fraction of sp³-hybridized carbons (Fsp3) is 0.706. The molecule has 2 aliphatic rings. The lowest BCUT2D eigenvalue weighted by Gasteiger charge is -2.51. The van der Waals surface area contributed by atoms with E-state index in [4.69, 9.17) is 23.7 Å². The number of aliphatic hydroxyl groups is 2. The maximum atomic E-state index is 12.9. The van der Waals surface area contributed by atoms with Gasteiger partial charge in [0.25, 0.3) is 0 Å². The van der Waals surface area contributed by atoms with Crippen LogP contribution in [0.1, 0.15) is 59.8 Å². The molecule has 250 valence electrons. The summed E-state index contributed by atoms with van der Waals surface area (Å²) < 4.78 is 26.8. The molecule has 2 rings (SSSR count). The number of unbranched alkanes of at least 4 members (excludes halogenated alkanes) is 1. The summed E-state index contributed by atoms with van der Waals surface area (Å²) in [5.74, 6) is -2.57. The third-order valence-electron chi connectivity index (χ3n) is 9.12. The Hall–Kier alpha value is -2.34. The fourth-order valence-electron chi connectivity index (χ4n) is 6.59. The van der Waals surface area contributed by atoms with E-state index in [1.54, 1.807) is 19.9 Å². The number of hydrogen-bond acceptors (Lipinski definition) is 9. The van der Waals surface area contributed by atoms with Gasteiger partial charge in [-0.2, -0.15) is 0 Å². The number of aliphatic hydroxyl groups excluding tert-OH is 2. The molecule has 3 N–H and O–H groups in total. The third-order valence-corrected chi connectivity index (χ3v) is 9.12. The number of carbonyl (C=O) groups excluding carboxylic acids is 1. The predicted octanol–water partition coefficient (Wildman–Crippen LogP) is 4.67. The van der Waals surface area contributed by atoms with E-state index in [1.807, 2.05) is 44.2 Å². The molecule has 0 spiro atoms. The number of allylic oxidation sites excluding steroid dienone is 4. The molecule has 0 radical (unpaired) electrons. The monoisotopic (exact) mass is 622 g/mol. The smallest absolute Gasteiger partial charge is 0.336 e. The summed E-state index contributed by atoms with van der Waals surface area (Å²) in [4.78, 5) is 25.7. The molecule has 1 fully saturated rings. The summed E-state index contributed by atoms with van der Waals surface area (Å²) in [6, 6.07) is 0. The van der Waals surface area contributed by atoms with Crippen LogP contribution < -0.4 is 0 Å². The molecule has 1 saturated carbocycles. The molecule has 0 unspecified atom stereocenters. The zero-order chi connectivity index (χ0) is 32.9. The molecule has 0 heterocycles. The van der Waals surface area contributed by atoms with Crippen LogP contribution in [0.3, 0.4) is 0 Å². The lowest BCUT2D eigenvalue weighted by Crippen LogP contribution is -2.54. The Balaban J connectivity index is 2.39. The van der Waals surface area contributed by atoms with Crippen molar-refractivity contribution in [2.24, 2.45) is 35.0 Å². The number of ether oxygens (including phenoxy) is 5.